The van der Waals surface area contributed by atoms with Crippen molar-refractivity contribution in [3.05, 3.63) is 42.5 Å². The molecule has 2 amide bonds. The molecule has 7 nitrogen and oxygen atoms in total. The van der Waals surface area contributed by atoms with Crippen LogP contribution in [0.5, 0.6) is 0 Å². The van der Waals surface area contributed by atoms with Crippen molar-refractivity contribution in [1.29, 1.82) is 0 Å². The quantitative estimate of drug-likeness (QED) is 0.933. The Hall–Kier alpha value is -2.41. The molecular formula is C16H21N5O2. The van der Waals surface area contributed by atoms with Gasteiger partial charge in [-0.05, 0) is 26.0 Å². The summed E-state index contributed by atoms with van der Waals surface area (Å²) in [5.41, 5.74) is 0.968. The summed E-state index contributed by atoms with van der Waals surface area (Å²) in [5.74, 6) is 0.693. The van der Waals surface area contributed by atoms with E-state index in [0.717, 1.165) is 5.69 Å². The number of benzene rings is 1. The second-order valence-electron chi connectivity index (χ2n) is 5.77. The van der Waals surface area contributed by atoms with E-state index in [-0.39, 0.29) is 18.2 Å². The SMILES string of the molecule is C[C@@H]1CN(C(=O)NCc2nncn2-c2ccccc2)C[C@H](C)O1. The van der Waals surface area contributed by atoms with Crippen LogP contribution in [0.25, 0.3) is 5.69 Å². The lowest BCUT2D eigenvalue weighted by Gasteiger charge is -2.35. The number of nitrogens with one attached hydrogen (secondary N) is 1. The zero-order valence-corrected chi connectivity index (χ0v) is 13.3. The van der Waals surface area contributed by atoms with Gasteiger partial charge in [0.2, 0.25) is 0 Å². The Bertz CT molecular complexity index is 648. The molecule has 2 heterocycles. The molecule has 3 rings (SSSR count). The zero-order valence-electron chi connectivity index (χ0n) is 13.3. The Kier molecular flexibility index (Phi) is 4.57. The number of carbonyl (C=O) groups is 1. The first-order chi connectivity index (χ1) is 11.1. The molecule has 0 bridgehead atoms. The molecule has 2 aromatic rings. The van der Waals surface area contributed by atoms with E-state index in [9.17, 15) is 4.79 Å². The number of carbonyl (C=O) groups excluding carboxylic acids is 1. The van der Waals surface area contributed by atoms with Crippen LogP contribution in [0.2, 0.25) is 0 Å². The molecule has 1 saturated heterocycles. The van der Waals surface area contributed by atoms with Gasteiger partial charge in [0.1, 0.15) is 6.33 Å². The highest BCUT2D eigenvalue weighted by Crippen LogP contribution is 2.11. The molecule has 1 aliphatic heterocycles. The average Bonchev–Trinajstić information content (AvgIpc) is 3.01. The van der Waals surface area contributed by atoms with Crippen molar-refractivity contribution in [2.75, 3.05) is 13.1 Å². The van der Waals surface area contributed by atoms with Gasteiger partial charge in [-0.1, -0.05) is 18.2 Å². The highest BCUT2D eigenvalue weighted by molar-refractivity contribution is 5.74. The van der Waals surface area contributed by atoms with E-state index in [1.807, 2.05) is 48.7 Å². The standard InChI is InChI=1S/C16H21N5O2/c1-12-9-20(10-13(2)23-12)16(22)17-8-15-19-18-11-21(15)14-6-4-3-5-7-14/h3-7,11-13H,8-10H2,1-2H3,(H,17,22)/t12-,13+. The van der Waals surface area contributed by atoms with Crippen LogP contribution in [0.3, 0.4) is 0 Å². The molecule has 1 aromatic heterocycles. The first-order valence-electron chi connectivity index (χ1n) is 7.76. The summed E-state index contributed by atoms with van der Waals surface area (Å²) in [5, 5.41) is 10.9. The van der Waals surface area contributed by atoms with Gasteiger partial charge in [0.25, 0.3) is 0 Å². The van der Waals surface area contributed by atoms with Crippen LogP contribution in [0.1, 0.15) is 19.7 Å². The second-order valence-corrected chi connectivity index (χ2v) is 5.77. The molecule has 0 aliphatic carbocycles. The number of rotatable bonds is 3. The van der Waals surface area contributed by atoms with E-state index >= 15 is 0 Å². The van der Waals surface area contributed by atoms with Gasteiger partial charge in [0, 0.05) is 18.8 Å². The molecule has 23 heavy (non-hydrogen) atoms. The van der Waals surface area contributed by atoms with Gasteiger partial charge in [-0.2, -0.15) is 0 Å². The number of hydrogen-bond acceptors (Lipinski definition) is 4. The molecule has 1 fully saturated rings. The largest absolute Gasteiger partial charge is 0.372 e. The minimum Gasteiger partial charge on any atom is -0.372 e. The van der Waals surface area contributed by atoms with E-state index in [2.05, 4.69) is 15.5 Å². The number of aromatic nitrogens is 3. The number of para-hydroxylation sites is 1. The van der Waals surface area contributed by atoms with Gasteiger partial charge in [0.15, 0.2) is 5.82 Å². The highest BCUT2D eigenvalue weighted by Gasteiger charge is 2.25. The summed E-state index contributed by atoms with van der Waals surface area (Å²) >= 11 is 0. The normalized spacial score (nSPS) is 21.2. The Morgan fingerprint density at radius 3 is 2.65 bits per heavy atom. The van der Waals surface area contributed by atoms with Crippen LogP contribution in [-0.4, -0.2) is 51.0 Å². The van der Waals surface area contributed by atoms with E-state index in [4.69, 9.17) is 4.74 Å². The third kappa shape index (κ3) is 3.68. The summed E-state index contributed by atoms with van der Waals surface area (Å²) in [6.45, 7) is 5.47. The smallest absolute Gasteiger partial charge is 0.317 e. The fourth-order valence-electron chi connectivity index (χ4n) is 2.79. The van der Waals surface area contributed by atoms with Crippen molar-refractivity contribution in [2.24, 2.45) is 0 Å². The van der Waals surface area contributed by atoms with Crippen LogP contribution in [0.4, 0.5) is 4.79 Å². The number of amides is 2. The first-order valence-corrected chi connectivity index (χ1v) is 7.76. The first kappa shape index (κ1) is 15.5. The van der Waals surface area contributed by atoms with Gasteiger partial charge in [-0.15, -0.1) is 10.2 Å². The Labute approximate surface area is 135 Å². The fourth-order valence-corrected chi connectivity index (χ4v) is 2.79. The van der Waals surface area contributed by atoms with Crippen molar-refractivity contribution < 1.29 is 9.53 Å². The lowest BCUT2D eigenvalue weighted by molar-refractivity contribution is -0.0545. The van der Waals surface area contributed by atoms with Crippen molar-refractivity contribution in [3.8, 4) is 5.69 Å². The minimum atomic E-state index is -0.102. The van der Waals surface area contributed by atoms with E-state index < -0.39 is 0 Å². The lowest BCUT2D eigenvalue weighted by atomic mass is 10.2. The molecule has 0 saturated carbocycles. The number of morpholine rings is 1. The molecule has 2 atom stereocenters. The number of ether oxygens (including phenoxy) is 1. The van der Waals surface area contributed by atoms with Crippen LogP contribution in [-0.2, 0) is 11.3 Å². The molecular weight excluding hydrogens is 294 g/mol. The third-order valence-electron chi connectivity index (χ3n) is 3.76. The lowest BCUT2D eigenvalue weighted by Crippen LogP contribution is -2.51. The van der Waals surface area contributed by atoms with Gasteiger partial charge in [-0.3, -0.25) is 4.57 Å². The predicted octanol–water partition coefficient (Wildman–Crippen LogP) is 1.59. The molecule has 1 aromatic carbocycles. The molecule has 0 unspecified atom stereocenters. The van der Waals surface area contributed by atoms with E-state index in [1.165, 1.54) is 0 Å². The average molecular weight is 315 g/mol. The van der Waals surface area contributed by atoms with Crippen LogP contribution in [0, 0.1) is 0 Å². The topological polar surface area (TPSA) is 72.3 Å². The molecule has 1 aliphatic rings. The number of urea groups is 1. The predicted molar refractivity (Wildman–Crippen MR) is 85.2 cm³/mol. The summed E-state index contributed by atoms with van der Waals surface area (Å²) < 4.78 is 7.51. The molecule has 0 spiro atoms. The van der Waals surface area contributed by atoms with Gasteiger partial charge in [-0.25, -0.2) is 4.79 Å². The van der Waals surface area contributed by atoms with Crippen molar-refractivity contribution >= 4 is 6.03 Å². The Morgan fingerprint density at radius 1 is 1.26 bits per heavy atom. The van der Waals surface area contributed by atoms with Crippen LogP contribution in [0.15, 0.2) is 36.7 Å². The third-order valence-corrected chi connectivity index (χ3v) is 3.76. The van der Waals surface area contributed by atoms with Gasteiger partial charge < -0.3 is 15.0 Å². The second kappa shape index (κ2) is 6.78. The molecule has 122 valence electrons. The maximum absolute atomic E-state index is 12.3. The molecule has 1 N–H and O–H groups in total. The summed E-state index contributed by atoms with van der Waals surface area (Å²) in [4.78, 5) is 14.1. The Morgan fingerprint density at radius 2 is 1.96 bits per heavy atom. The van der Waals surface area contributed by atoms with Gasteiger partial charge >= 0.3 is 6.03 Å². The zero-order chi connectivity index (χ0) is 16.2. The van der Waals surface area contributed by atoms with E-state index in [0.29, 0.717) is 25.5 Å². The fraction of sp³-hybridized carbons (Fsp3) is 0.438. The Balaban J connectivity index is 1.63. The maximum Gasteiger partial charge on any atom is 0.317 e. The monoisotopic (exact) mass is 315 g/mol. The summed E-state index contributed by atoms with van der Waals surface area (Å²) in [6, 6.07) is 9.70. The summed E-state index contributed by atoms with van der Waals surface area (Å²) in [6.07, 6.45) is 1.75. The summed E-state index contributed by atoms with van der Waals surface area (Å²) in [7, 11) is 0. The molecule has 7 heteroatoms. The van der Waals surface area contributed by atoms with E-state index in [1.54, 1.807) is 11.2 Å². The number of nitrogens with zero attached hydrogens (tertiary/aromatic N) is 4. The maximum atomic E-state index is 12.3. The van der Waals surface area contributed by atoms with Crippen molar-refractivity contribution in [3.63, 3.8) is 0 Å². The van der Waals surface area contributed by atoms with Gasteiger partial charge in [0.05, 0.1) is 18.8 Å². The highest BCUT2D eigenvalue weighted by atomic mass is 16.5. The van der Waals surface area contributed by atoms with Crippen molar-refractivity contribution in [1.82, 2.24) is 25.0 Å². The minimum absolute atomic E-state index is 0.0532. The van der Waals surface area contributed by atoms with Crippen LogP contribution < -0.4 is 5.32 Å². The van der Waals surface area contributed by atoms with Crippen LogP contribution >= 0.6 is 0 Å². The number of hydrogen-bond donors (Lipinski definition) is 1. The molecule has 0 radical (unpaired) electrons. The van der Waals surface area contributed by atoms with Crippen molar-refractivity contribution in [2.45, 2.75) is 32.6 Å².